The molecule has 0 aromatic heterocycles. The second-order valence-corrected chi connectivity index (χ2v) is 21.3. The van der Waals surface area contributed by atoms with Crippen LogP contribution in [0.25, 0.3) is 0 Å². The van der Waals surface area contributed by atoms with E-state index in [0.29, 0.717) is 19.3 Å². The van der Waals surface area contributed by atoms with E-state index in [2.05, 4.69) is 106 Å². The zero-order chi connectivity index (χ0) is 54.3. The average molecular weight is 1050 g/mol. The Morgan fingerprint density at radius 1 is 0.280 bits per heavy atom. The van der Waals surface area contributed by atoms with Gasteiger partial charge in [0.2, 0.25) is 0 Å². The van der Waals surface area contributed by atoms with Crippen LogP contribution in [-0.4, -0.2) is 37.2 Å². The van der Waals surface area contributed by atoms with E-state index in [1.165, 1.54) is 167 Å². The molecule has 75 heavy (non-hydrogen) atoms. The summed E-state index contributed by atoms with van der Waals surface area (Å²) >= 11 is 0. The summed E-state index contributed by atoms with van der Waals surface area (Å²) in [4.78, 5) is 38.1. The molecule has 0 aliphatic rings. The standard InChI is InChI=1S/C69H120O6/c1-4-7-10-13-16-19-21-23-24-25-26-27-28-29-30-31-32-33-34-35-36-37-38-39-40-41-42-43-44-46-47-50-53-56-59-62-68(71)74-65-66(64-73-67(70)61-58-55-52-49-18-15-12-9-6-3)75-69(72)63-60-57-54-51-48-45-22-20-17-14-11-8-5-2/h7,10,16,19-20,22-24,26-27,29-30,32-33,66H,4-6,8-9,11-15,17-18,21,25,28,31,34-65H2,1-3H3/b10-7-,19-16-,22-20-,24-23-,27-26-,30-29-,33-32-. The molecule has 0 N–H and O–H groups in total. The van der Waals surface area contributed by atoms with Gasteiger partial charge in [-0.3, -0.25) is 14.4 Å². The third-order valence-corrected chi connectivity index (χ3v) is 13.9. The smallest absolute Gasteiger partial charge is 0.306 e. The van der Waals surface area contributed by atoms with Gasteiger partial charge in [-0.15, -0.1) is 0 Å². The van der Waals surface area contributed by atoms with Gasteiger partial charge in [0.1, 0.15) is 13.2 Å². The molecular weight excluding hydrogens is 925 g/mol. The first-order valence-corrected chi connectivity index (χ1v) is 32.1. The molecule has 1 unspecified atom stereocenters. The fourth-order valence-electron chi connectivity index (χ4n) is 9.09. The molecule has 432 valence electrons. The Morgan fingerprint density at radius 2 is 0.520 bits per heavy atom. The maximum absolute atomic E-state index is 12.8. The van der Waals surface area contributed by atoms with E-state index < -0.39 is 6.10 Å². The monoisotopic (exact) mass is 1040 g/mol. The van der Waals surface area contributed by atoms with Gasteiger partial charge in [0, 0.05) is 19.3 Å². The number of hydrogen-bond acceptors (Lipinski definition) is 6. The highest BCUT2D eigenvalue weighted by molar-refractivity contribution is 5.71. The average Bonchev–Trinajstić information content (AvgIpc) is 3.41. The molecule has 0 aromatic rings. The molecule has 0 aromatic carbocycles. The highest BCUT2D eigenvalue weighted by Crippen LogP contribution is 2.17. The Kier molecular flexibility index (Phi) is 60.3. The molecule has 6 heteroatoms. The second-order valence-electron chi connectivity index (χ2n) is 21.3. The Balaban J connectivity index is 4.03. The number of ether oxygens (including phenoxy) is 3. The predicted octanol–water partition coefficient (Wildman–Crippen LogP) is 21.9. The topological polar surface area (TPSA) is 78.9 Å². The number of unbranched alkanes of at least 4 members (excludes halogenated alkanes) is 33. The molecular formula is C69H120O6. The largest absolute Gasteiger partial charge is 0.462 e. The van der Waals surface area contributed by atoms with Crippen molar-refractivity contribution in [1.29, 1.82) is 0 Å². The van der Waals surface area contributed by atoms with Crippen molar-refractivity contribution in [3.8, 4) is 0 Å². The number of allylic oxidation sites excluding steroid dienone is 14. The zero-order valence-corrected chi connectivity index (χ0v) is 49.6. The lowest BCUT2D eigenvalue weighted by Crippen LogP contribution is -2.30. The van der Waals surface area contributed by atoms with Gasteiger partial charge in [-0.05, 0) is 96.3 Å². The van der Waals surface area contributed by atoms with E-state index in [4.69, 9.17) is 14.2 Å². The van der Waals surface area contributed by atoms with Gasteiger partial charge in [-0.1, -0.05) is 286 Å². The summed E-state index contributed by atoms with van der Waals surface area (Å²) in [7, 11) is 0. The van der Waals surface area contributed by atoms with Crippen LogP contribution in [0.4, 0.5) is 0 Å². The van der Waals surface area contributed by atoms with Crippen molar-refractivity contribution in [2.75, 3.05) is 13.2 Å². The van der Waals surface area contributed by atoms with Crippen LogP contribution < -0.4 is 0 Å². The number of carbonyl (C=O) groups is 3. The Bertz CT molecular complexity index is 1430. The predicted molar refractivity (Wildman–Crippen MR) is 325 cm³/mol. The molecule has 0 spiro atoms. The number of rotatable bonds is 58. The number of esters is 3. The summed E-state index contributed by atoms with van der Waals surface area (Å²) in [6.07, 6.45) is 83.3. The molecule has 0 radical (unpaired) electrons. The normalized spacial score (nSPS) is 12.6. The van der Waals surface area contributed by atoms with Gasteiger partial charge >= 0.3 is 17.9 Å². The van der Waals surface area contributed by atoms with Gasteiger partial charge in [0.15, 0.2) is 6.10 Å². The van der Waals surface area contributed by atoms with Crippen molar-refractivity contribution in [2.24, 2.45) is 0 Å². The summed E-state index contributed by atoms with van der Waals surface area (Å²) in [5.74, 6) is -0.875. The highest BCUT2D eigenvalue weighted by Gasteiger charge is 2.19. The lowest BCUT2D eigenvalue weighted by atomic mass is 10.0. The molecule has 0 bridgehead atoms. The van der Waals surface area contributed by atoms with E-state index in [0.717, 1.165) is 109 Å². The molecule has 0 aliphatic heterocycles. The van der Waals surface area contributed by atoms with Crippen molar-refractivity contribution < 1.29 is 28.6 Å². The van der Waals surface area contributed by atoms with E-state index in [9.17, 15) is 14.4 Å². The van der Waals surface area contributed by atoms with Crippen LogP contribution in [0, 0.1) is 0 Å². The molecule has 0 rings (SSSR count). The van der Waals surface area contributed by atoms with Crippen LogP contribution in [0.3, 0.4) is 0 Å². The Labute approximate surface area is 465 Å². The molecule has 0 saturated carbocycles. The van der Waals surface area contributed by atoms with Crippen LogP contribution >= 0.6 is 0 Å². The summed E-state index contributed by atoms with van der Waals surface area (Å²) in [5.41, 5.74) is 0. The van der Waals surface area contributed by atoms with Gasteiger partial charge in [-0.2, -0.15) is 0 Å². The van der Waals surface area contributed by atoms with Gasteiger partial charge in [-0.25, -0.2) is 0 Å². The lowest BCUT2D eigenvalue weighted by Gasteiger charge is -2.18. The first-order chi connectivity index (χ1) is 37.0. The summed E-state index contributed by atoms with van der Waals surface area (Å²) in [6.45, 7) is 6.51. The third-order valence-electron chi connectivity index (χ3n) is 13.9. The molecule has 0 saturated heterocycles. The molecule has 0 aliphatic carbocycles. The molecule has 1 atom stereocenters. The first kappa shape index (κ1) is 71.6. The quantitative estimate of drug-likeness (QED) is 0.0261. The van der Waals surface area contributed by atoms with Crippen molar-refractivity contribution in [3.63, 3.8) is 0 Å². The van der Waals surface area contributed by atoms with Gasteiger partial charge in [0.05, 0.1) is 0 Å². The zero-order valence-electron chi connectivity index (χ0n) is 49.6. The minimum absolute atomic E-state index is 0.0747. The van der Waals surface area contributed by atoms with Crippen LogP contribution in [0.5, 0.6) is 0 Å². The third kappa shape index (κ3) is 61.3. The van der Waals surface area contributed by atoms with Crippen LogP contribution in [0.1, 0.15) is 316 Å². The highest BCUT2D eigenvalue weighted by atomic mass is 16.6. The molecule has 0 heterocycles. The first-order valence-electron chi connectivity index (χ1n) is 32.1. The van der Waals surface area contributed by atoms with Crippen molar-refractivity contribution in [2.45, 2.75) is 322 Å². The Morgan fingerprint density at radius 3 is 0.840 bits per heavy atom. The van der Waals surface area contributed by atoms with E-state index >= 15 is 0 Å². The van der Waals surface area contributed by atoms with E-state index in [1.807, 2.05) is 0 Å². The fraction of sp³-hybridized carbons (Fsp3) is 0.754. The van der Waals surface area contributed by atoms with Crippen LogP contribution in [-0.2, 0) is 28.6 Å². The maximum atomic E-state index is 12.8. The van der Waals surface area contributed by atoms with Crippen molar-refractivity contribution >= 4 is 17.9 Å². The molecule has 0 fully saturated rings. The minimum Gasteiger partial charge on any atom is -0.462 e. The van der Waals surface area contributed by atoms with Crippen LogP contribution in [0.15, 0.2) is 85.1 Å². The SMILES string of the molecule is CC/C=C\C/C=C\C/C=C\C/C=C\C/C=C\C/C=C\CCCCCCCCCCCCCCCCCCC(=O)OCC(COC(=O)CCCCCCCCCCC)OC(=O)CCCCCCC/C=C\CCCCCC. The molecule has 0 amide bonds. The lowest BCUT2D eigenvalue weighted by molar-refractivity contribution is -0.167. The van der Waals surface area contributed by atoms with Crippen LogP contribution in [0.2, 0.25) is 0 Å². The minimum atomic E-state index is -0.775. The summed E-state index contributed by atoms with van der Waals surface area (Å²) < 4.78 is 16.8. The number of hydrogen-bond donors (Lipinski definition) is 0. The fourth-order valence-corrected chi connectivity index (χ4v) is 9.09. The molecule has 6 nitrogen and oxygen atoms in total. The summed E-state index contributed by atoms with van der Waals surface area (Å²) in [5, 5.41) is 0. The second kappa shape index (κ2) is 63.1. The number of carbonyl (C=O) groups excluding carboxylic acids is 3. The Hall–Kier alpha value is -3.41. The van der Waals surface area contributed by atoms with Crippen molar-refractivity contribution in [3.05, 3.63) is 85.1 Å². The van der Waals surface area contributed by atoms with E-state index in [1.54, 1.807) is 0 Å². The summed E-state index contributed by atoms with van der Waals surface area (Å²) in [6, 6.07) is 0. The van der Waals surface area contributed by atoms with Gasteiger partial charge < -0.3 is 14.2 Å². The van der Waals surface area contributed by atoms with E-state index in [-0.39, 0.29) is 31.1 Å². The van der Waals surface area contributed by atoms with Gasteiger partial charge in [0.25, 0.3) is 0 Å². The van der Waals surface area contributed by atoms with Crippen molar-refractivity contribution in [1.82, 2.24) is 0 Å². The maximum Gasteiger partial charge on any atom is 0.306 e.